The van der Waals surface area contributed by atoms with Gasteiger partial charge in [-0.15, -0.1) is 0 Å². The quantitative estimate of drug-likeness (QED) is 0.478. The zero-order valence-corrected chi connectivity index (χ0v) is 17.5. The van der Waals surface area contributed by atoms with Crippen molar-refractivity contribution in [1.82, 2.24) is 15.2 Å². The van der Waals surface area contributed by atoms with Gasteiger partial charge in [-0.25, -0.2) is 10.1 Å². The molecular weight excluding hydrogens is 427 g/mol. The molecule has 1 aromatic heterocycles. The summed E-state index contributed by atoms with van der Waals surface area (Å²) in [6.45, 7) is 2.42. The van der Waals surface area contributed by atoms with Crippen LogP contribution in [0, 0.1) is 6.92 Å². The second kappa shape index (κ2) is 8.77. The summed E-state index contributed by atoms with van der Waals surface area (Å²) in [5, 5.41) is 9.54. The molecule has 1 amide bonds. The Kier molecular flexibility index (Phi) is 5.92. The van der Waals surface area contributed by atoms with E-state index in [2.05, 4.69) is 15.6 Å². The monoisotopic (exact) mass is 444 g/mol. The van der Waals surface area contributed by atoms with Gasteiger partial charge in [0.2, 0.25) is 6.10 Å². The SMILES string of the molecule is Cc1nn(Cc2ccc(Cl)cc2)c(Cl)c1C=NNC(=O)C1COc2ccccc2O1. The molecule has 1 aliphatic heterocycles. The number of para-hydroxylation sites is 2. The normalized spacial score (nSPS) is 15.4. The van der Waals surface area contributed by atoms with Gasteiger partial charge in [-0.05, 0) is 36.8 Å². The molecule has 2 aromatic carbocycles. The van der Waals surface area contributed by atoms with Gasteiger partial charge in [0.1, 0.15) is 11.8 Å². The predicted molar refractivity (Wildman–Crippen MR) is 115 cm³/mol. The highest BCUT2D eigenvalue weighted by molar-refractivity contribution is 6.32. The smallest absolute Gasteiger partial charge is 0.284 e. The first-order valence-electron chi connectivity index (χ1n) is 9.20. The molecule has 9 heteroatoms. The molecule has 1 atom stereocenters. The lowest BCUT2D eigenvalue weighted by atomic mass is 10.2. The number of nitrogens with zero attached hydrogens (tertiary/aromatic N) is 3. The lowest BCUT2D eigenvalue weighted by Gasteiger charge is -2.24. The number of carbonyl (C=O) groups excluding carboxylic acids is 1. The molecule has 0 aliphatic carbocycles. The van der Waals surface area contributed by atoms with E-state index in [1.807, 2.05) is 43.3 Å². The predicted octanol–water partition coefficient (Wildman–Crippen LogP) is 3.84. The first-order valence-corrected chi connectivity index (χ1v) is 9.95. The van der Waals surface area contributed by atoms with Crippen molar-refractivity contribution in [3.8, 4) is 11.5 Å². The molecule has 1 aliphatic rings. The molecule has 0 fully saturated rings. The maximum atomic E-state index is 12.3. The molecule has 0 radical (unpaired) electrons. The maximum Gasteiger partial charge on any atom is 0.284 e. The zero-order valence-electron chi connectivity index (χ0n) is 16.0. The first-order chi connectivity index (χ1) is 14.5. The maximum absolute atomic E-state index is 12.3. The van der Waals surface area contributed by atoms with Crippen molar-refractivity contribution in [2.75, 3.05) is 6.61 Å². The fraction of sp³-hybridized carbons (Fsp3) is 0.190. The number of hydrogen-bond acceptors (Lipinski definition) is 5. The standard InChI is InChI=1S/C21H18Cl2N4O3/c1-13-16(20(23)27(26-13)11-14-6-8-15(22)9-7-14)10-24-25-21(28)19-12-29-17-4-2-3-5-18(17)30-19/h2-10,19H,11-12H2,1H3,(H,25,28). The fourth-order valence-corrected chi connectivity index (χ4v) is 3.37. The Balaban J connectivity index is 1.40. The van der Waals surface area contributed by atoms with E-state index in [0.717, 1.165) is 5.56 Å². The summed E-state index contributed by atoms with van der Waals surface area (Å²) in [4.78, 5) is 12.3. The molecule has 0 spiro atoms. The van der Waals surface area contributed by atoms with Crippen molar-refractivity contribution in [2.45, 2.75) is 19.6 Å². The Morgan fingerprint density at radius 2 is 1.97 bits per heavy atom. The van der Waals surface area contributed by atoms with Gasteiger partial charge in [-0.3, -0.25) is 4.79 Å². The highest BCUT2D eigenvalue weighted by Gasteiger charge is 2.27. The number of carbonyl (C=O) groups is 1. The summed E-state index contributed by atoms with van der Waals surface area (Å²) >= 11 is 12.4. The molecule has 4 rings (SSSR count). The van der Waals surface area contributed by atoms with E-state index in [9.17, 15) is 4.79 Å². The summed E-state index contributed by atoms with van der Waals surface area (Å²) in [6, 6.07) is 14.6. The third kappa shape index (κ3) is 4.42. The van der Waals surface area contributed by atoms with E-state index in [-0.39, 0.29) is 6.61 Å². The third-order valence-corrected chi connectivity index (χ3v) is 5.18. The summed E-state index contributed by atoms with van der Waals surface area (Å²) < 4.78 is 12.9. The Bertz CT molecular complexity index is 1100. The molecule has 1 N–H and O–H groups in total. The Morgan fingerprint density at radius 3 is 2.73 bits per heavy atom. The van der Waals surface area contributed by atoms with Crippen LogP contribution in [-0.4, -0.2) is 34.6 Å². The second-order valence-electron chi connectivity index (χ2n) is 6.67. The van der Waals surface area contributed by atoms with Gasteiger partial charge in [0.15, 0.2) is 11.5 Å². The van der Waals surface area contributed by atoms with Gasteiger partial charge in [0.25, 0.3) is 5.91 Å². The minimum absolute atomic E-state index is 0.108. The number of ether oxygens (including phenoxy) is 2. The van der Waals surface area contributed by atoms with E-state index in [1.165, 1.54) is 6.21 Å². The van der Waals surface area contributed by atoms with Crippen molar-refractivity contribution in [3.05, 3.63) is 75.5 Å². The number of aromatic nitrogens is 2. The molecular formula is C21H18Cl2N4O3. The molecule has 3 aromatic rings. The highest BCUT2D eigenvalue weighted by Crippen LogP contribution is 2.30. The van der Waals surface area contributed by atoms with E-state index in [4.69, 9.17) is 32.7 Å². The van der Waals surface area contributed by atoms with Crippen LogP contribution in [0.1, 0.15) is 16.8 Å². The number of fused-ring (bicyclic) bond motifs is 1. The van der Waals surface area contributed by atoms with Crippen molar-refractivity contribution in [1.29, 1.82) is 0 Å². The largest absolute Gasteiger partial charge is 0.485 e. The van der Waals surface area contributed by atoms with E-state index >= 15 is 0 Å². The molecule has 1 unspecified atom stereocenters. The summed E-state index contributed by atoms with van der Waals surface area (Å²) in [5.74, 6) is 0.721. The number of hydrazone groups is 1. The number of halogens is 2. The molecule has 0 bridgehead atoms. The van der Waals surface area contributed by atoms with Gasteiger partial charge in [0, 0.05) is 5.02 Å². The van der Waals surface area contributed by atoms with Crippen LogP contribution >= 0.6 is 23.2 Å². The molecule has 0 saturated heterocycles. The van der Waals surface area contributed by atoms with Crippen LogP contribution in [0.2, 0.25) is 10.2 Å². The van der Waals surface area contributed by atoms with E-state index < -0.39 is 12.0 Å². The average molecular weight is 445 g/mol. The summed E-state index contributed by atoms with van der Waals surface area (Å²) in [6.07, 6.45) is 0.680. The molecule has 2 heterocycles. The third-order valence-electron chi connectivity index (χ3n) is 4.52. The minimum Gasteiger partial charge on any atom is -0.485 e. The Morgan fingerprint density at radius 1 is 1.23 bits per heavy atom. The zero-order chi connectivity index (χ0) is 21.1. The van der Waals surface area contributed by atoms with Gasteiger partial charge in [0.05, 0.1) is 24.0 Å². The van der Waals surface area contributed by atoms with Crippen LogP contribution in [0.4, 0.5) is 0 Å². The average Bonchev–Trinajstić information content (AvgIpc) is 3.02. The van der Waals surface area contributed by atoms with Gasteiger partial charge in [-0.1, -0.05) is 47.5 Å². The molecule has 154 valence electrons. The van der Waals surface area contributed by atoms with Gasteiger partial charge < -0.3 is 9.47 Å². The minimum atomic E-state index is -0.791. The Labute approximate surface area is 183 Å². The topological polar surface area (TPSA) is 77.7 Å². The van der Waals surface area contributed by atoms with Crippen molar-refractivity contribution in [2.24, 2.45) is 5.10 Å². The van der Waals surface area contributed by atoms with E-state index in [0.29, 0.717) is 39.5 Å². The number of nitrogens with one attached hydrogen (secondary N) is 1. The van der Waals surface area contributed by atoms with Crippen molar-refractivity contribution >= 4 is 35.3 Å². The second-order valence-corrected chi connectivity index (χ2v) is 7.47. The molecule has 30 heavy (non-hydrogen) atoms. The van der Waals surface area contributed by atoms with Gasteiger partial charge >= 0.3 is 0 Å². The number of rotatable bonds is 5. The van der Waals surface area contributed by atoms with Crippen LogP contribution in [0.3, 0.4) is 0 Å². The van der Waals surface area contributed by atoms with E-state index in [1.54, 1.807) is 16.8 Å². The van der Waals surface area contributed by atoms with Crippen molar-refractivity contribution in [3.63, 3.8) is 0 Å². The number of aryl methyl sites for hydroxylation is 1. The van der Waals surface area contributed by atoms with Crippen LogP contribution in [0.15, 0.2) is 53.6 Å². The Hall–Kier alpha value is -3.03. The highest BCUT2D eigenvalue weighted by atomic mass is 35.5. The summed E-state index contributed by atoms with van der Waals surface area (Å²) in [7, 11) is 0. The van der Waals surface area contributed by atoms with Crippen LogP contribution in [-0.2, 0) is 11.3 Å². The van der Waals surface area contributed by atoms with Gasteiger partial charge in [-0.2, -0.15) is 10.2 Å². The number of amides is 1. The number of benzene rings is 2. The van der Waals surface area contributed by atoms with Crippen LogP contribution in [0.5, 0.6) is 11.5 Å². The lowest BCUT2D eigenvalue weighted by Crippen LogP contribution is -2.42. The van der Waals surface area contributed by atoms with Crippen LogP contribution < -0.4 is 14.9 Å². The van der Waals surface area contributed by atoms with Crippen LogP contribution in [0.25, 0.3) is 0 Å². The molecule has 0 saturated carbocycles. The summed E-state index contributed by atoms with van der Waals surface area (Å²) in [5.41, 5.74) is 4.79. The first kappa shape index (κ1) is 20.3. The van der Waals surface area contributed by atoms with Crippen molar-refractivity contribution < 1.29 is 14.3 Å². The number of hydrogen-bond donors (Lipinski definition) is 1. The lowest BCUT2D eigenvalue weighted by molar-refractivity contribution is -0.130. The fourth-order valence-electron chi connectivity index (χ4n) is 2.96. The molecule has 7 nitrogen and oxygen atoms in total.